The standard InChI is InChI=1S/C11H11N3/c12-11-4-2-1-3-9(11)5-6-10-7-13-8-14-10/h1-8H,12H2,(H,13,14)/b6-5+. The fourth-order valence-electron chi connectivity index (χ4n) is 1.20. The predicted octanol–water partition coefficient (Wildman–Crippen LogP) is 2.16. The Bertz CT molecular complexity index is 430. The number of aromatic nitrogens is 2. The number of H-pyrrole nitrogens is 1. The van der Waals surface area contributed by atoms with Crippen LogP contribution in [0.1, 0.15) is 11.3 Å². The third-order valence-electron chi connectivity index (χ3n) is 1.96. The van der Waals surface area contributed by atoms with Crippen LogP contribution in [0.2, 0.25) is 0 Å². The number of para-hydroxylation sites is 1. The maximum Gasteiger partial charge on any atom is 0.0924 e. The van der Waals surface area contributed by atoms with Gasteiger partial charge >= 0.3 is 0 Å². The van der Waals surface area contributed by atoms with Crippen LogP contribution in [-0.2, 0) is 0 Å². The van der Waals surface area contributed by atoms with Crippen molar-refractivity contribution in [2.45, 2.75) is 0 Å². The summed E-state index contributed by atoms with van der Waals surface area (Å²) in [6, 6.07) is 7.74. The van der Waals surface area contributed by atoms with E-state index >= 15 is 0 Å². The van der Waals surface area contributed by atoms with Crippen LogP contribution in [0.25, 0.3) is 12.2 Å². The molecule has 3 nitrogen and oxygen atoms in total. The van der Waals surface area contributed by atoms with Gasteiger partial charge in [0.05, 0.1) is 18.2 Å². The van der Waals surface area contributed by atoms with Crippen LogP contribution in [0.3, 0.4) is 0 Å². The lowest BCUT2D eigenvalue weighted by Gasteiger charge is -1.97. The lowest BCUT2D eigenvalue weighted by atomic mass is 10.1. The molecule has 0 bridgehead atoms. The Morgan fingerprint density at radius 3 is 2.79 bits per heavy atom. The second kappa shape index (κ2) is 3.79. The molecule has 3 N–H and O–H groups in total. The summed E-state index contributed by atoms with van der Waals surface area (Å²) in [7, 11) is 0. The molecule has 14 heavy (non-hydrogen) atoms. The average molecular weight is 185 g/mol. The largest absolute Gasteiger partial charge is 0.398 e. The molecule has 0 atom stereocenters. The normalized spacial score (nSPS) is 10.9. The molecular formula is C11H11N3. The molecule has 0 aliphatic heterocycles. The summed E-state index contributed by atoms with van der Waals surface area (Å²) in [4.78, 5) is 6.91. The molecule has 70 valence electrons. The number of anilines is 1. The SMILES string of the molecule is Nc1ccccc1/C=C/c1cnc[nH]1. The zero-order chi connectivity index (χ0) is 9.80. The zero-order valence-electron chi connectivity index (χ0n) is 7.64. The Kier molecular flexibility index (Phi) is 2.32. The van der Waals surface area contributed by atoms with Gasteiger partial charge in [-0.25, -0.2) is 4.98 Å². The lowest BCUT2D eigenvalue weighted by Crippen LogP contribution is -1.87. The van der Waals surface area contributed by atoms with E-state index in [9.17, 15) is 0 Å². The Morgan fingerprint density at radius 1 is 1.21 bits per heavy atom. The molecule has 2 aromatic rings. The van der Waals surface area contributed by atoms with Gasteiger partial charge in [0.15, 0.2) is 0 Å². The van der Waals surface area contributed by atoms with Crippen LogP contribution >= 0.6 is 0 Å². The van der Waals surface area contributed by atoms with Crippen molar-refractivity contribution in [3.8, 4) is 0 Å². The third kappa shape index (κ3) is 1.82. The van der Waals surface area contributed by atoms with E-state index in [1.165, 1.54) is 0 Å². The summed E-state index contributed by atoms with van der Waals surface area (Å²) in [5, 5.41) is 0. The monoisotopic (exact) mass is 185 g/mol. The Labute approximate surface area is 82.3 Å². The number of nitrogen functional groups attached to an aromatic ring is 1. The maximum absolute atomic E-state index is 5.78. The van der Waals surface area contributed by atoms with Crippen LogP contribution in [0.5, 0.6) is 0 Å². The van der Waals surface area contributed by atoms with E-state index in [0.717, 1.165) is 16.9 Å². The highest BCUT2D eigenvalue weighted by molar-refractivity contribution is 5.74. The van der Waals surface area contributed by atoms with Gasteiger partial charge in [-0.15, -0.1) is 0 Å². The van der Waals surface area contributed by atoms with Gasteiger partial charge in [-0.2, -0.15) is 0 Å². The first-order valence-corrected chi connectivity index (χ1v) is 4.37. The highest BCUT2D eigenvalue weighted by Crippen LogP contribution is 2.13. The number of nitrogens with zero attached hydrogens (tertiary/aromatic N) is 1. The molecule has 0 saturated heterocycles. The van der Waals surface area contributed by atoms with Crippen LogP contribution < -0.4 is 5.73 Å². The van der Waals surface area contributed by atoms with Crippen molar-refractivity contribution in [1.29, 1.82) is 0 Å². The first-order chi connectivity index (χ1) is 6.86. The Morgan fingerprint density at radius 2 is 2.07 bits per heavy atom. The molecular weight excluding hydrogens is 174 g/mol. The quantitative estimate of drug-likeness (QED) is 0.704. The van der Waals surface area contributed by atoms with Gasteiger partial charge in [-0.3, -0.25) is 0 Å². The minimum Gasteiger partial charge on any atom is -0.398 e. The predicted molar refractivity (Wildman–Crippen MR) is 58.4 cm³/mol. The molecule has 1 heterocycles. The third-order valence-corrected chi connectivity index (χ3v) is 1.96. The van der Waals surface area contributed by atoms with Crippen LogP contribution in [0, 0.1) is 0 Å². The van der Waals surface area contributed by atoms with Gasteiger partial charge < -0.3 is 10.7 Å². The number of hydrogen-bond acceptors (Lipinski definition) is 2. The molecule has 0 aliphatic carbocycles. The van der Waals surface area contributed by atoms with E-state index in [0.29, 0.717) is 0 Å². The zero-order valence-corrected chi connectivity index (χ0v) is 7.64. The molecule has 0 spiro atoms. The van der Waals surface area contributed by atoms with E-state index < -0.39 is 0 Å². The van der Waals surface area contributed by atoms with E-state index in [1.54, 1.807) is 12.5 Å². The molecule has 2 rings (SSSR count). The number of nitrogens with two attached hydrogens (primary N) is 1. The summed E-state index contributed by atoms with van der Waals surface area (Å²) in [6.45, 7) is 0. The van der Waals surface area contributed by atoms with Crippen LogP contribution in [0.4, 0.5) is 5.69 Å². The van der Waals surface area contributed by atoms with Crippen molar-refractivity contribution in [3.63, 3.8) is 0 Å². The summed E-state index contributed by atoms with van der Waals surface area (Å²) >= 11 is 0. The Hall–Kier alpha value is -2.03. The number of aromatic amines is 1. The molecule has 0 unspecified atom stereocenters. The van der Waals surface area contributed by atoms with Crippen molar-refractivity contribution < 1.29 is 0 Å². The first-order valence-electron chi connectivity index (χ1n) is 4.37. The molecule has 1 aromatic heterocycles. The van der Waals surface area contributed by atoms with E-state index in [-0.39, 0.29) is 0 Å². The minimum atomic E-state index is 0.781. The van der Waals surface area contributed by atoms with Gasteiger partial charge in [0.1, 0.15) is 0 Å². The average Bonchev–Trinajstić information content (AvgIpc) is 2.69. The van der Waals surface area contributed by atoms with E-state index in [2.05, 4.69) is 9.97 Å². The fraction of sp³-hybridized carbons (Fsp3) is 0. The van der Waals surface area contributed by atoms with Gasteiger partial charge in [0, 0.05) is 5.69 Å². The number of hydrogen-bond donors (Lipinski definition) is 2. The summed E-state index contributed by atoms with van der Waals surface area (Å²) < 4.78 is 0. The number of imidazole rings is 1. The van der Waals surface area contributed by atoms with Crippen molar-refractivity contribution >= 4 is 17.8 Å². The number of nitrogens with one attached hydrogen (secondary N) is 1. The van der Waals surface area contributed by atoms with Crippen LogP contribution in [0.15, 0.2) is 36.8 Å². The van der Waals surface area contributed by atoms with Crippen molar-refractivity contribution in [1.82, 2.24) is 9.97 Å². The smallest absolute Gasteiger partial charge is 0.0924 e. The molecule has 0 aliphatic rings. The number of benzene rings is 1. The molecule has 0 amide bonds. The molecule has 0 radical (unpaired) electrons. The molecule has 0 saturated carbocycles. The van der Waals surface area contributed by atoms with Crippen molar-refractivity contribution in [3.05, 3.63) is 48.0 Å². The summed E-state index contributed by atoms with van der Waals surface area (Å²) in [5.74, 6) is 0. The highest BCUT2D eigenvalue weighted by Gasteiger charge is 1.92. The van der Waals surface area contributed by atoms with E-state index in [1.807, 2.05) is 36.4 Å². The Balaban J connectivity index is 2.23. The minimum absolute atomic E-state index is 0.781. The molecule has 1 aromatic carbocycles. The second-order valence-corrected chi connectivity index (χ2v) is 2.97. The van der Waals surface area contributed by atoms with Gasteiger partial charge in [0.25, 0.3) is 0 Å². The van der Waals surface area contributed by atoms with Gasteiger partial charge in [0.2, 0.25) is 0 Å². The maximum atomic E-state index is 5.78. The second-order valence-electron chi connectivity index (χ2n) is 2.97. The lowest BCUT2D eigenvalue weighted by molar-refractivity contribution is 1.31. The number of rotatable bonds is 2. The van der Waals surface area contributed by atoms with Crippen molar-refractivity contribution in [2.75, 3.05) is 5.73 Å². The first kappa shape index (κ1) is 8.56. The highest BCUT2D eigenvalue weighted by atomic mass is 14.8. The summed E-state index contributed by atoms with van der Waals surface area (Å²) in [5.41, 5.74) is 8.55. The van der Waals surface area contributed by atoms with Gasteiger partial charge in [-0.1, -0.05) is 24.3 Å². The fourth-order valence-corrected chi connectivity index (χ4v) is 1.20. The molecule has 0 fully saturated rings. The topological polar surface area (TPSA) is 54.7 Å². The molecule has 3 heteroatoms. The van der Waals surface area contributed by atoms with E-state index in [4.69, 9.17) is 5.73 Å². The van der Waals surface area contributed by atoms with Crippen molar-refractivity contribution in [2.24, 2.45) is 0 Å². The summed E-state index contributed by atoms with van der Waals surface area (Å²) in [6.07, 6.45) is 7.31. The van der Waals surface area contributed by atoms with Gasteiger partial charge in [-0.05, 0) is 17.7 Å². The van der Waals surface area contributed by atoms with Crippen LogP contribution in [-0.4, -0.2) is 9.97 Å².